The maximum Gasteiger partial charge on any atom is 0.326 e. The summed E-state index contributed by atoms with van der Waals surface area (Å²) in [6, 6.07) is 5.98. The Morgan fingerprint density at radius 2 is 1.85 bits per heavy atom. The molecule has 6 nitrogen and oxygen atoms in total. The quantitative estimate of drug-likeness (QED) is 0.757. The fourth-order valence-electron chi connectivity index (χ4n) is 2.86. The van der Waals surface area contributed by atoms with Crippen molar-refractivity contribution in [3.63, 3.8) is 0 Å². The molecule has 0 radical (unpaired) electrons. The number of amides is 3. The molecule has 6 heteroatoms. The van der Waals surface area contributed by atoms with Crippen molar-refractivity contribution < 1.29 is 19.1 Å². The topological polar surface area (TPSA) is 67.9 Å². The van der Waals surface area contributed by atoms with Crippen LogP contribution >= 0.6 is 0 Å². The molecule has 1 fully saturated rings. The summed E-state index contributed by atoms with van der Waals surface area (Å²) in [7, 11) is 0. The first-order valence-electron chi connectivity index (χ1n) is 9.04. The molecule has 0 aromatic heterocycles. The van der Waals surface area contributed by atoms with Crippen LogP contribution in [0.3, 0.4) is 0 Å². The lowest BCUT2D eigenvalue weighted by Crippen LogP contribution is -2.54. The highest BCUT2D eigenvalue weighted by Crippen LogP contribution is 2.24. The summed E-state index contributed by atoms with van der Waals surface area (Å²) in [6.45, 7) is 12.1. The van der Waals surface area contributed by atoms with E-state index >= 15 is 0 Å². The van der Waals surface area contributed by atoms with Crippen LogP contribution in [-0.2, 0) is 26.3 Å². The number of ether oxygens (including phenoxy) is 2. The van der Waals surface area contributed by atoms with E-state index in [-0.39, 0.29) is 24.1 Å². The van der Waals surface area contributed by atoms with E-state index in [9.17, 15) is 9.59 Å². The zero-order valence-electron chi connectivity index (χ0n) is 16.4. The van der Waals surface area contributed by atoms with Gasteiger partial charge in [0, 0.05) is 12.5 Å². The maximum absolute atomic E-state index is 11.7. The molecule has 1 aromatic rings. The van der Waals surface area contributed by atoms with Crippen LogP contribution in [0.15, 0.2) is 18.2 Å². The highest BCUT2D eigenvalue weighted by atomic mass is 16.5. The number of carbonyl (C=O) groups is 2. The minimum atomic E-state index is -0.399. The lowest BCUT2D eigenvalue weighted by atomic mass is 9.85. The SMILES string of the molecule is Cc1cc(COCCOCN2C(=O)NC(=O)CC2C)cc(C(C)(C)C)c1. The Labute approximate surface area is 155 Å². The fourth-order valence-corrected chi connectivity index (χ4v) is 2.86. The first kappa shape index (κ1) is 20.4. The van der Waals surface area contributed by atoms with E-state index in [0.29, 0.717) is 26.2 Å². The second-order valence-corrected chi connectivity index (χ2v) is 7.92. The van der Waals surface area contributed by atoms with Gasteiger partial charge >= 0.3 is 6.03 Å². The molecule has 0 bridgehead atoms. The van der Waals surface area contributed by atoms with Gasteiger partial charge in [-0.05, 0) is 30.4 Å². The van der Waals surface area contributed by atoms with Gasteiger partial charge in [-0.2, -0.15) is 0 Å². The van der Waals surface area contributed by atoms with E-state index in [0.717, 1.165) is 5.56 Å². The summed E-state index contributed by atoms with van der Waals surface area (Å²) >= 11 is 0. The van der Waals surface area contributed by atoms with E-state index in [1.165, 1.54) is 16.0 Å². The number of benzene rings is 1. The monoisotopic (exact) mass is 362 g/mol. The van der Waals surface area contributed by atoms with Crippen LogP contribution in [0, 0.1) is 6.92 Å². The Kier molecular flexibility index (Phi) is 6.78. The van der Waals surface area contributed by atoms with E-state index < -0.39 is 6.03 Å². The van der Waals surface area contributed by atoms with Crippen molar-refractivity contribution in [2.24, 2.45) is 0 Å². The molecule has 1 aliphatic heterocycles. The number of nitrogens with one attached hydrogen (secondary N) is 1. The molecule has 0 spiro atoms. The molecule has 1 unspecified atom stereocenters. The third-order valence-corrected chi connectivity index (χ3v) is 4.39. The van der Waals surface area contributed by atoms with E-state index in [2.05, 4.69) is 51.2 Å². The standard InChI is InChI=1S/C20H30N2O4/c1-14-8-16(11-17(9-14)20(3,4)5)12-25-6-7-26-13-22-15(2)10-18(23)21-19(22)24/h8-9,11,15H,6-7,10,12-13H2,1-5H3,(H,21,23,24). The molecule has 0 aliphatic carbocycles. The van der Waals surface area contributed by atoms with Gasteiger partial charge in [-0.1, -0.05) is 44.5 Å². The van der Waals surface area contributed by atoms with Crippen molar-refractivity contribution in [1.29, 1.82) is 0 Å². The van der Waals surface area contributed by atoms with Crippen LogP contribution in [0.1, 0.15) is 50.8 Å². The van der Waals surface area contributed by atoms with Crippen molar-refractivity contribution in [2.75, 3.05) is 19.9 Å². The lowest BCUT2D eigenvalue weighted by molar-refractivity contribution is -0.123. The van der Waals surface area contributed by atoms with Gasteiger partial charge in [0.25, 0.3) is 0 Å². The molecule has 1 N–H and O–H groups in total. The van der Waals surface area contributed by atoms with Gasteiger partial charge in [-0.3, -0.25) is 15.0 Å². The largest absolute Gasteiger partial charge is 0.374 e. The fraction of sp³-hybridized carbons (Fsp3) is 0.600. The van der Waals surface area contributed by atoms with Crippen LogP contribution in [0.4, 0.5) is 4.79 Å². The highest BCUT2D eigenvalue weighted by Gasteiger charge is 2.29. The summed E-state index contributed by atoms with van der Waals surface area (Å²) < 4.78 is 11.2. The molecular formula is C20H30N2O4. The van der Waals surface area contributed by atoms with Crippen LogP contribution in [0.25, 0.3) is 0 Å². The highest BCUT2D eigenvalue weighted by molar-refractivity contribution is 5.97. The third-order valence-electron chi connectivity index (χ3n) is 4.39. The van der Waals surface area contributed by atoms with Gasteiger partial charge in [0.15, 0.2) is 0 Å². The normalized spacial score (nSPS) is 18.2. The number of hydrogen-bond donors (Lipinski definition) is 1. The van der Waals surface area contributed by atoms with Crippen molar-refractivity contribution in [2.45, 2.75) is 59.1 Å². The van der Waals surface area contributed by atoms with Crippen LogP contribution in [0.2, 0.25) is 0 Å². The van der Waals surface area contributed by atoms with Gasteiger partial charge in [-0.25, -0.2) is 4.79 Å². The zero-order valence-corrected chi connectivity index (χ0v) is 16.4. The number of hydrogen-bond acceptors (Lipinski definition) is 4. The number of rotatable bonds is 7. The van der Waals surface area contributed by atoms with Crippen molar-refractivity contribution in [3.8, 4) is 0 Å². The van der Waals surface area contributed by atoms with Crippen LogP contribution in [0.5, 0.6) is 0 Å². The molecular weight excluding hydrogens is 332 g/mol. The predicted molar refractivity (Wildman–Crippen MR) is 99.8 cm³/mol. The second-order valence-electron chi connectivity index (χ2n) is 7.92. The summed E-state index contributed by atoms with van der Waals surface area (Å²) in [4.78, 5) is 24.5. The van der Waals surface area contributed by atoms with Gasteiger partial charge in [0.1, 0.15) is 6.73 Å². The first-order valence-corrected chi connectivity index (χ1v) is 9.04. The number of nitrogens with zero attached hydrogens (tertiary/aromatic N) is 1. The molecule has 1 aliphatic rings. The zero-order chi connectivity index (χ0) is 19.3. The predicted octanol–water partition coefficient (Wildman–Crippen LogP) is 3.11. The molecule has 26 heavy (non-hydrogen) atoms. The van der Waals surface area contributed by atoms with Gasteiger partial charge in [0.2, 0.25) is 5.91 Å². The third kappa shape index (κ3) is 5.81. The molecule has 144 valence electrons. The smallest absolute Gasteiger partial charge is 0.326 e. The lowest BCUT2D eigenvalue weighted by Gasteiger charge is -2.32. The number of urea groups is 1. The van der Waals surface area contributed by atoms with E-state index in [1.54, 1.807) is 0 Å². The maximum atomic E-state index is 11.7. The summed E-state index contributed by atoms with van der Waals surface area (Å²) in [5.41, 5.74) is 3.79. The van der Waals surface area contributed by atoms with Crippen molar-refractivity contribution in [3.05, 3.63) is 34.9 Å². The van der Waals surface area contributed by atoms with Crippen LogP contribution in [-0.4, -0.2) is 42.8 Å². The Morgan fingerprint density at radius 3 is 2.50 bits per heavy atom. The van der Waals surface area contributed by atoms with E-state index in [1.807, 2.05) is 6.92 Å². The Morgan fingerprint density at radius 1 is 1.15 bits per heavy atom. The molecule has 3 amide bonds. The van der Waals surface area contributed by atoms with Gasteiger partial charge in [0.05, 0.1) is 19.8 Å². The first-order chi connectivity index (χ1) is 12.2. The Hall–Kier alpha value is -1.92. The summed E-state index contributed by atoms with van der Waals surface area (Å²) in [5, 5.41) is 2.29. The van der Waals surface area contributed by atoms with Crippen molar-refractivity contribution in [1.82, 2.24) is 10.2 Å². The van der Waals surface area contributed by atoms with Gasteiger partial charge in [-0.15, -0.1) is 0 Å². The average Bonchev–Trinajstić information content (AvgIpc) is 2.51. The molecule has 1 atom stereocenters. The number of carbonyl (C=O) groups excluding carboxylic acids is 2. The number of imide groups is 1. The average molecular weight is 362 g/mol. The molecule has 1 heterocycles. The Bertz CT molecular complexity index is 652. The minimum absolute atomic E-state index is 0.108. The van der Waals surface area contributed by atoms with E-state index in [4.69, 9.17) is 9.47 Å². The molecule has 2 rings (SSSR count). The molecule has 1 aromatic carbocycles. The summed E-state index contributed by atoms with van der Waals surface area (Å²) in [5.74, 6) is -0.241. The molecule has 0 saturated carbocycles. The molecule has 1 saturated heterocycles. The van der Waals surface area contributed by atoms with Crippen molar-refractivity contribution >= 4 is 11.9 Å². The summed E-state index contributed by atoms with van der Waals surface area (Å²) in [6.07, 6.45) is 0.301. The number of aryl methyl sites for hydroxylation is 1. The minimum Gasteiger partial charge on any atom is -0.374 e. The second kappa shape index (κ2) is 8.64. The van der Waals surface area contributed by atoms with Gasteiger partial charge < -0.3 is 9.47 Å². The van der Waals surface area contributed by atoms with Crippen LogP contribution < -0.4 is 5.32 Å². The Balaban J connectivity index is 1.72.